The summed E-state index contributed by atoms with van der Waals surface area (Å²) in [6, 6.07) is 6.80. The number of hydrogen-bond donors (Lipinski definition) is 2. The van der Waals surface area contributed by atoms with E-state index in [0.29, 0.717) is 31.8 Å². The lowest BCUT2D eigenvalue weighted by molar-refractivity contribution is -0.141. The summed E-state index contributed by atoms with van der Waals surface area (Å²) >= 11 is 0. The molecule has 0 bridgehead atoms. The molecule has 9 nitrogen and oxygen atoms in total. The van der Waals surface area contributed by atoms with Crippen molar-refractivity contribution in [2.75, 3.05) is 19.7 Å². The van der Waals surface area contributed by atoms with Crippen molar-refractivity contribution in [1.82, 2.24) is 14.9 Å². The maximum atomic E-state index is 13.2. The number of rotatable bonds is 12. The molecular weight excluding hydrogens is 465 g/mol. The van der Waals surface area contributed by atoms with Gasteiger partial charge in [-0.3, -0.25) is 9.59 Å². The number of sulfonamides is 1. The minimum atomic E-state index is -4.05. The van der Waals surface area contributed by atoms with Crippen LogP contribution in [-0.2, 0) is 30.9 Å². The Morgan fingerprint density at radius 3 is 2.62 bits per heavy atom. The maximum Gasteiger partial charge on any atom is 0.242 e. The van der Waals surface area contributed by atoms with Gasteiger partial charge >= 0.3 is 0 Å². The van der Waals surface area contributed by atoms with E-state index in [4.69, 9.17) is 9.15 Å². The van der Waals surface area contributed by atoms with Crippen molar-refractivity contribution in [3.05, 3.63) is 54.2 Å². The molecule has 0 unspecified atom stereocenters. The van der Waals surface area contributed by atoms with Gasteiger partial charge in [0, 0.05) is 13.2 Å². The van der Waals surface area contributed by atoms with Gasteiger partial charge in [0.15, 0.2) is 0 Å². The van der Waals surface area contributed by atoms with E-state index in [0.717, 1.165) is 37.1 Å². The van der Waals surface area contributed by atoms with Gasteiger partial charge in [-0.2, -0.15) is 0 Å². The van der Waals surface area contributed by atoms with E-state index in [1.807, 2.05) is 6.92 Å². The van der Waals surface area contributed by atoms with Crippen LogP contribution in [0.4, 0.5) is 4.39 Å². The first-order chi connectivity index (χ1) is 16.3. The molecule has 1 aromatic heterocycles. The fourth-order valence-corrected chi connectivity index (χ4v) is 4.71. The molecule has 1 saturated heterocycles. The topological polar surface area (TPSA) is 118 Å². The number of benzene rings is 1. The Labute approximate surface area is 198 Å². The molecule has 186 valence electrons. The number of ether oxygens (including phenoxy) is 1. The van der Waals surface area contributed by atoms with Gasteiger partial charge in [0.2, 0.25) is 21.8 Å². The first-order valence-corrected chi connectivity index (χ1v) is 12.7. The molecule has 1 fully saturated rings. The summed E-state index contributed by atoms with van der Waals surface area (Å²) in [6.07, 6.45) is 4.22. The van der Waals surface area contributed by atoms with Crippen molar-refractivity contribution in [2.45, 2.75) is 56.2 Å². The second-order valence-electron chi connectivity index (χ2n) is 8.06. The van der Waals surface area contributed by atoms with Gasteiger partial charge in [0.25, 0.3) is 0 Å². The number of halogens is 1. The Morgan fingerprint density at radius 2 is 2.00 bits per heavy atom. The second-order valence-corrected chi connectivity index (χ2v) is 9.83. The largest absolute Gasteiger partial charge is 0.467 e. The van der Waals surface area contributed by atoms with E-state index in [1.54, 1.807) is 12.1 Å². The Morgan fingerprint density at radius 1 is 1.24 bits per heavy atom. The molecule has 1 aliphatic heterocycles. The van der Waals surface area contributed by atoms with E-state index >= 15 is 0 Å². The number of carbonyl (C=O) groups excluding carboxylic acids is 2. The van der Waals surface area contributed by atoms with Crippen molar-refractivity contribution in [3.63, 3.8) is 0 Å². The van der Waals surface area contributed by atoms with Gasteiger partial charge in [-0.1, -0.05) is 13.3 Å². The first-order valence-electron chi connectivity index (χ1n) is 11.3. The molecule has 11 heteroatoms. The molecular formula is C23H30FN3O6S. The smallest absolute Gasteiger partial charge is 0.242 e. The summed E-state index contributed by atoms with van der Waals surface area (Å²) in [7, 11) is -4.05. The minimum absolute atomic E-state index is 0.00211. The van der Waals surface area contributed by atoms with Crippen molar-refractivity contribution in [1.29, 1.82) is 0 Å². The normalized spacial score (nSPS) is 16.8. The third-order valence-corrected chi connectivity index (χ3v) is 6.95. The monoisotopic (exact) mass is 495 g/mol. The van der Waals surface area contributed by atoms with Crippen LogP contribution in [-0.4, -0.2) is 57.0 Å². The average Bonchev–Trinajstić information content (AvgIpc) is 3.53. The Bertz CT molecular complexity index is 1040. The van der Waals surface area contributed by atoms with Crippen molar-refractivity contribution >= 4 is 21.8 Å². The summed E-state index contributed by atoms with van der Waals surface area (Å²) in [4.78, 5) is 27.4. The number of nitrogens with zero attached hydrogens (tertiary/aromatic N) is 1. The van der Waals surface area contributed by atoms with Crippen LogP contribution in [0.15, 0.2) is 52.0 Å². The molecule has 2 N–H and O–H groups in total. The molecule has 3 rings (SSSR count). The van der Waals surface area contributed by atoms with E-state index in [1.165, 1.54) is 11.2 Å². The standard InChI is InChI=1S/C23H30FN3O6S/c1-2-5-21(23(29)25-14-18-6-3-12-32-18)27(16-19-7-4-13-33-19)22(28)15-26-34(30,31)20-10-8-17(24)9-11-20/h4,7-11,13,18,21,26H,2-3,5-6,12,14-16H2,1H3,(H,25,29)/t18-,21+/m1/s1. The molecule has 1 aromatic carbocycles. The number of hydrogen-bond acceptors (Lipinski definition) is 6. The summed E-state index contributed by atoms with van der Waals surface area (Å²) in [5.74, 6) is -1.04. The van der Waals surface area contributed by atoms with Crippen LogP contribution in [0.2, 0.25) is 0 Å². The first kappa shape index (κ1) is 25.9. The van der Waals surface area contributed by atoms with Crippen molar-refractivity contribution < 1.29 is 31.6 Å². The summed E-state index contributed by atoms with van der Waals surface area (Å²) in [6.45, 7) is 2.34. The van der Waals surface area contributed by atoms with Crippen LogP contribution in [0.5, 0.6) is 0 Å². The van der Waals surface area contributed by atoms with Crippen molar-refractivity contribution in [3.8, 4) is 0 Å². The lowest BCUT2D eigenvalue weighted by atomic mass is 10.1. The van der Waals surface area contributed by atoms with Gasteiger partial charge in [0.1, 0.15) is 17.6 Å². The Kier molecular flexibility index (Phi) is 9.20. The second kappa shape index (κ2) is 12.1. The summed E-state index contributed by atoms with van der Waals surface area (Å²) in [5, 5.41) is 2.87. The van der Waals surface area contributed by atoms with Crippen LogP contribution < -0.4 is 10.0 Å². The van der Waals surface area contributed by atoms with E-state index in [2.05, 4.69) is 10.0 Å². The zero-order chi connectivity index (χ0) is 24.6. The fourth-order valence-electron chi connectivity index (χ4n) is 3.74. The van der Waals surface area contributed by atoms with Gasteiger partial charge in [0.05, 0.1) is 30.4 Å². The lowest BCUT2D eigenvalue weighted by Crippen LogP contribution is -2.52. The molecule has 0 aliphatic carbocycles. The highest BCUT2D eigenvalue weighted by atomic mass is 32.2. The quantitative estimate of drug-likeness (QED) is 0.466. The SMILES string of the molecule is CCC[C@@H](C(=O)NC[C@H]1CCCO1)N(Cc1ccco1)C(=O)CNS(=O)(=O)c1ccc(F)cc1. The Balaban J connectivity index is 1.73. The number of nitrogens with one attached hydrogen (secondary N) is 2. The number of furan rings is 1. The van der Waals surface area contributed by atoms with Crippen LogP contribution in [0.1, 0.15) is 38.4 Å². The zero-order valence-electron chi connectivity index (χ0n) is 19.0. The molecule has 0 spiro atoms. The van der Waals surface area contributed by atoms with Crippen LogP contribution in [0, 0.1) is 5.82 Å². The molecule has 1 aliphatic rings. The molecule has 2 aromatic rings. The zero-order valence-corrected chi connectivity index (χ0v) is 19.9. The van der Waals surface area contributed by atoms with Gasteiger partial charge in [-0.05, 0) is 55.7 Å². The number of carbonyl (C=O) groups is 2. The molecule has 2 heterocycles. The molecule has 2 atom stereocenters. The molecule has 0 radical (unpaired) electrons. The Hall–Kier alpha value is -2.76. The van der Waals surface area contributed by atoms with E-state index in [-0.39, 0.29) is 23.5 Å². The maximum absolute atomic E-state index is 13.2. The summed E-state index contributed by atoms with van der Waals surface area (Å²) in [5.41, 5.74) is 0. The van der Waals surface area contributed by atoms with E-state index in [9.17, 15) is 22.4 Å². The minimum Gasteiger partial charge on any atom is -0.467 e. The average molecular weight is 496 g/mol. The molecule has 34 heavy (non-hydrogen) atoms. The third-order valence-electron chi connectivity index (χ3n) is 5.53. The summed E-state index contributed by atoms with van der Waals surface area (Å²) < 4.78 is 51.4. The van der Waals surface area contributed by atoms with Crippen LogP contribution >= 0.6 is 0 Å². The van der Waals surface area contributed by atoms with Crippen LogP contribution in [0.25, 0.3) is 0 Å². The van der Waals surface area contributed by atoms with Crippen LogP contribution in [0.3, 0.4) is 0 Å². The molecule has 2 amide bonds. The van der Waals surface area contributed by atoms with Gasteiger partial charge < -0.3 is 19.4 Å². The molecule has 0 saturated carbocycles. The predicted molar refractivity (Wildman–Crippen MR) is 122 cm³/mol. The highest BCUT2D eigenvalue weighted by molar-refractivity contribution is 7.89. The van der Waals surface area contributed by atoms with Gasteiger partial charge in [-0.15, -0.1) is 0 Å². The predicted octanol–water partition coefficient (Wildman–Crippen LogP) is 2.19. The van der Waals surface area contributed by atoms with Crippen molar-refractivity contribution in [2.24, 2.45) is 0 Å². The highest BCUT2D eigenvalue weighted by Gasteiger charge is 2.31. The highest BCUT2D eigenvalue weighted by Crippen LogP contribution is 2.16. The number of amides is 2. The fraction of sp³-hybridized carbons (Fsp3) is 0.478. The van der Waals surface area contributed by atoms with E-state index < -0.39 is 34.3 Å². The van der Waals surface area contributed by atoms with Gasteiger partial charge in [-0.25, -0.2) is 17.5 Å². The third kappa shape index (κ3) is 7.12. The lowest BCUT2D eigenvalue weighted by Gasteiger charge is -2.30.